The van der Waals surface area contributed by atoms with Crippen molar-refractivity contribution in [2.24, 2.45) is 7.05 Å². The number of esters is 1. The van der Waals surface area contributed by atoms with Crippen molar-refractivity contribution in [2.45, 2.75) is 19.8 Å². The molecule has 0 fully saturated rings. The Labute approximate surface area is 112 Å². The standard InChI is InChI=1S/C11H18N2O3.BrH/c1-3-6-15-7-8-16-11(14)9-10-12-4-5-13(10)2;/h4-5H,3,6-9H2,1-2H3;1H. The molecule has 6 heteroatoms. The Morgan fingerprint density at radius 3 is 2.76 bits per heavy atom. The molecule has 0 saturated carbocycles. The van der Waals surface area contributed by atoms with Crippen LogP contribution in [0.2, 0.25) is 0 Å². The summed E-state index contributed by atoms with van der Waals surface area (Å²) in [5, 5.41) is 0. The molecular formula is C11H19BrN2O3. The van der Waals surface area contributed by atoms with E-state index in [9.17, 15) is 4.79 Å². The van der Waals surface area contributed by atoms with E-state index in [1.165, 1.54) is 0 Å². The normalized spacial score (nSPS) is 9.76. The molecule has 0 bridgehead atoms. The maximum Gasteiger partial charge on any atom is 0.318 e. The van der Waals surface area contributed by atoms with E-state index >= 15 is 0 Å². The molecule has 0 aliphatic heterocycles. The fraction of sp³-hybridized carbons (Fsp3) is 0.636. The lowest BCUT2D eigenvalue weighted by molar-refractivity contribution is -0.677. The summed E-state index contributed by atoms with van der Waals surface area (Å²) >= 11 is 0. The highest BCUT2D eigenvalue weighted by Gasteiger charge is 2.13. The van der Waals surface area contributed by atoms with Crippen molar-refractivity contribution in [1.82, 2.24) is 4.98 Å². The molecule has 0 saturated heterocycles. The van der Waals surface area contributed by atoms with Gasteiger partial charge in [0.05, 0.1) is 13.7 Å². The summed E-state index contributed by atoms with van der Waals surface area (Å²) in [5.41, 5.74) is 0. The molecule has 5 nitrogen and oxygen atoms in total. The fourth-order valence-corrected chi connectivity index (χ4v) is 1.26. The first-order chi connectivity index (χ1) is 7.74. The Bertz CT molecular complexity index is 328. The molecular weight excluding hydrogens is 288 g/mol. The van der Waals surface area contributed by atoms with Crippen LogP contribution >= 0.6 is 0 Å². The lowest BCUT2D eigenvalue weighted by atomic mass is 10.4. The molecule has 1 aromatic heterocycles. The minimum absolute atomic E-state index is 0. The van der Waals surface area contributed by atoms with Crippen LogP contribution in [-0.4, -0.2) is 30.8 Å². The molecule has 17 heavy (non-hydrogen) atoms. The van der Waals surface area contributed by atoms with Gasteiger partial charge in [-0.15, -0.1) is 0 Å². The number of aromatic amines is 1. The number of aryl methyl sites for hydroxylation is 1. The Hall–Kier alpha value is -0.880. The maximum absolute atomic E-state index is 11.4. The highest BCUT2D eigenvalue weighted by Crippen LogP contribution is 1.91. The number of ether oxygens (including phenoxy) is 2. The van der Waals surface area contributed by atoms with Gasteiger partial charge < -0.3 is 26.5 Å². The van der Waals surface area contributed by atoms with Crippen LogP contribution in [-0.2, 0) is 27.7 Å². The van der Waals surface area contributed by atoms with Crippen LogP contribution in [0.5, 0.6) is 0 Å². The highest BCUT2D eigenvalue weighted by molar-refractivity contribution is 5.71. The van der Waals surface area contributed by atoms with Gasteiger partial charge in [0.25, 0.3) is 5.82 Å². The van der Waals surface area contributed by atoms with Gasteiger partial charge in [-0.1, -0.05) is 6.92 Å². The van der Waals surface area contributed by atoms with Gasteiger partial charge >= 0.3 is 5.97 Å². The van der Waals surface area contributed by atoms with E-state index in [4.69, 9.17) is 9.47 Å². The number of hydrogen-bond donors (Lipinski definition) is 1. The number of nitrogens with one attached hydrogen (secondary N) is 1. The van der Waals surface area contributed by atoms with Crippen molar-refractivity contribution in [3.05, 3.63) is 18.2 Å². The van der Waals surface area contributed by atoms with Crippen molar-refractivity contribution < 1.29 is 35.8 Å². The Kier molecular flexibility index (Phi) is 8.71. The fourth-order valence-electron chi connectivity index (χ4n) is 1.26. The molecule has 0 radical (unpaired) electrons. The lowest BCUT2D eigenvalue weighted by Crippen LogP contribution is -3.00. The average Bonchev–Trinajstić information content (AvgIpc) is 2.64. The van der Waals surface area contributed by atoms with Gasteiger partial charge in [-0.25, -0.2) is 9.55 Å². The van der Waals surface area contributed by atoms with Crippen LogP contribution in [0.4, 0.5) is 0 Å². The molecule has 0 atom stereocenters. The number of imidazole rings is 1. The zero-order valence-corrected chi connectivity index (χ0v) is 11.8. The van der Waals surface area contributed by atoms with E-state index in [1.54, 1.807) is 6.20 Å². The van der Waals surface area contributed by atoms with E-state index in [0.29, 0.717) is 19.8 Å². The van der Waals surface area contributed by atoms with Crippen LogP contribution in [0, 0.1) is 0 Å². The van der Waals surface area contributed by atoms with Gasteiger partial charge in [0.15, 0.2) is 0 Å². The third kappa shape index (κ3) is 6.43. The number of halogens is 1. The number of aromatic nitrogens is 2. The second-order valence-corrected chi connectivity index (χ2v) is 3.53. The number of hydrogen-bond acceptors (Lipinski definition) is 3. The van der Waals surface area contributed by atoms with Crippen LogP contribution in [0.1, 0.15) is 19.2 Å². The summed E-state index contributed by atoms with van der Waals surface area (Å²) < 4.78 is 12.1. The average molecular weight is 307 g/mol. The van der Waals surface area contributed by atoms with E-state index < -0.39 is 0 Å². The molecule has 0 aliphatic carbocycles. The van der Waals surface area contributed by atoms with Gasteiger partial charge in [-0.3, -0.25) is 4.79 Å². The summed E-state index contributed by atoms with van der Waals surface area (Å²) in [6, 6.07) is 0. The first-order valence-corrected chi connectivity index (χ1v) is 5.49. The summed E-state index contributed by atoms with van der Waals surface area (Å²) in [6.07, 6.45) is 4.88. The second-order valence-electron chi connectivity index (χ2n) is 3.53. The molecule has 0 amide bonds. The molecule has 1 aromatic rings. The Morgan fingerprint density at radius 2 is 2.18 bits per heavy atom. The van der Waals surface area contributed by atoms with Crippen LogP contribution < -0.4 is 21.5 Å². The van der Waals surface area contributed by atoms with Crippen LogP contribution in [0.25, 0.3) is 0 Å². The molecule has 1 heterocycles. The van der Waals surface area contributed by atoms with Gasteiger partial charge in [0, 0.05) is 6.61 Å². The molecule has 98 valence electrons. The second kappa shape index (κ2) is 9.18. The number of rotatable bonds is 7. The topological polar surface area (TPSA) is 55.2 Å². The van der Waals surface area contributed by atoms with Gasteiger partial charge in [0.2, 0.25) is 0 Å². The number of nitrogens with zero attached hydrogens (tertiary/aromatic N) is 1. The molecule has 1 N–H and O–H groups in total. The first-order valence-electron chi connectivity index (χ1n) is 5.49. The summed E-state index contributed by atoms with van der Waals surface area (Å²) in [7, 11) is 1.88. The number of carbonyl (C=O) groups is 1. The van der Waals surface area contributed by atoms with E-state index in [1.807, 2.05) is 24.7 Å². The van der Waals surface area contributed by atoms with E-state index in [-0.39, 0.29) is 29.4 Å². The third-order valence-electron chi connectivity index (χ3n) is 2.12. The third-order valence-corrected chi connectivity index (χ3v) is 2.12. The zero-order chi connectivity index (χ0) is 11.8. The van der Waals surface area contributed by atoms with Crippen LogP contribution in [0.3, 0.4) is 0 Å². The lowest BCUT2D eigenvalue weighted by Gasteiger charge is -2.03. The van der Waals surface area contributed by atoms with E-state index in [2.05, 4.69) is 4.98 Å². The molecule has 0 aromatic carbocycles. The minimum atomic E-state index is -0.238. The molecule has 0 unspecified atom stereocenters. The summed E-state index contributed by atoms with van der Waals surface area (Å²) in [5.74, 6) is 0.595. The monoisotopic (exact) mass is 306 g/mol. The zero-order valence-electron chi connectivity index (χ0n) is 10.2. The number of carbonyl (C=O) groups excluding carboxylic acids is 1. The van der Waals surface area contributed by atoms with Gasteiger partial charge in [-0.2, -0.15) is 0 Å². The highest BCUT2D eigenvalue weighted by atomic mass is 79.9. The SMILES string of the molecule is CCCOCCOC(=O)Cc1[nH]cc[n+]1C.[Br-]. The molecule has 0 aliphatic rings. The first kappa shape index (κ1) is 16.1. The predicted molar refractivity (Wildman–Crippen MR) is 57.7 cm³/mol. The quantitative estimate of drug-likeness (QED) is 0.340. The Morgan fingerprint density at radius 1 is 1.41 bits per heavy atom. The summed E-state index contributed by atoms with van der Waals surface area (Å²) in [6.45, 7) is 3.54. The van der Waals surface area contributed by atoms with Crippen molar-refractivity contribution in [2.75, 3.05) is 19.8 Å². The Balaban J connectivity index is 0.00000256. The van der Waals surface area contributed by atoms with Gasteiger partial charge in [-0.05, 0) is 6.42 Å². The predicted octanol–water partition coefficient (Wildman–Crippen LogP) is -2.64. The van der Waals surface area contributed by atoms with Crippen molar-refractivity contribution in [1.29, 1.82) is 0 Å². The minimum Gasteiger partial charge on any atom is -1.00 e. The summed E-state index contributed by atoms with van der Waals surface area (Å²) in [4.78, 5) is 14.4. The van der Waals surface area contributed by atoms with Crippen molar-refractivity contribution in [3.63, 3.8) is 0 Å². The van der Waals surface area contributed by atoms with E-state index in [0.717, 1.165) is 12.2 Å². The number of H-pyrrole nitrogens is 1. The molecule has 1 rings (SSSR count). The van der Waals surface area contributed by atoms with Gasteiger partial charge in [0.1, 0.15) is 25.4 Å². The van der Waals surface area contributed by atoms with Crippen molar-refractivity contribution >= 4 is 5.97 Å². The maximum atomic E-state index is 11.4. The van der Waals surface area contributed by atoms with Crippen LogP contribution in [0.15, 0.2) is 12.4 Å². The van der Waals surface area contributed by atoms with Crippen molar-refractivity contribution in [3.8, 4) is 0 Å². The largest absolute Gasteiger partial charge is 1.00 e. The smallest absolute Gasteiger partial charge is 0.318 e. The molecule has 0 spiro atoms.